The van der Waals surface area contributed by atoms with Gasteiger partial charge < -0.3 is 9.84 Å². The molecule has 0 aromatic heterocycles. The Morgan fingerprint density at radius 2 is 1.67 bits per heavy atom. The van der Waals surface area contributed by atoms with Crippen LogP contribution in [0.3, 0.4) is 0 Å². The molecule has 1 N–H and O–H groups in total. The van der Waals surface area contributed by atoms with Gasteiger partial charge in [0.2, 0.25) is 10.0 Å². The molecule has 2 aromatic rings. The van der Waals surface area contributed by atoms with E-state index in [0.717, 1.165) is 24.8 Å². The number of nitrogens with zero attached hydrogens (tertiary/aromatic N) is 1. The van der Waals surface area contributed by atoms with Crippen LogP contribution in [0.4, 0.5) is 0 Å². The van der Waals surface area contributed by atoms with Crippen molar-refractivity contribution in [2.45, 2.75) is 88.4 Å². The van der Waals surface area contributed by atoms with Crippen LogP contribution in [0.5, 0.6) is 0 Å². The number of aliphatic hydroxyl groups excluding tert-OH is 1. The highest BCUT2D eigenvalue weighted by atomic mass is 32.2. The minimum absolute atomic E-state index is 0.0406. The quantitative estimate of drug-likeness (QED) is 0.559. The number of hydrogen-bond acceptors (Lipinski definition) is 5. The molecule has 2 aromatic carbocycles. The van der Waals surface area contributed by atoms with E-state index in [4.69, 9.17) is 4.74 Å². The standard InChI is InChI=1S/C29H39NO5S/c1-20-10-13-24(14-11-20)36(33,34)30-17-16-23(31)19-26(30)28(32)35-27-18-21(2)12-15-25(27)29(3,4)22-8-6-5-7-9-22/h5-11,13-14,21,23,25-27,31H,12,15-19H2,1-4H3/t21-,23-,25-,26+,27-/m1/s1. The fourth-order valence-corrected chi connectivity index (χ4v) is 7.47. The second-order valence-corrected chi connectivity index (χ2v) is 13.1. The van der Waals surface area contributed by atoms with Crippen molar-refractivity contribution in [3.05, 3.63) is 65.7 Å². The molecule has 1 aliphatic heterocycles. The van der Waals surface area contributed by atoms with Crippen molar-refractivity contribution >= 4 is 16.0 Å². The molecule has 0 bridgehead atoms. The molecule has 6 nitrogen and oxygen atoms in total. The third kappa shape index (κ3) is 5.53. The van der Waals surface area contributed by atoms with Crippen LogP contribution >= 0.6 is 0 Å². The molecule has 1 saturated heterocycles. The summed E-state index contributed by atoms with van der Waals surface area (Å²) in [6.45, 7) is 8.54. The molecule has 196 valence electrons. The van der Waals surface area contributed by atoms with E-state index in [1.165, 1.54) is 9.87 Å². The van der Waals surface area contributed by atoms with Crippen LogP contribution in [0.15, 0.2) is 59.5 Å². The summed E-state index contributed by atoms with van der Waals surface area (Å²) in [6, 6.07) is 15.9. The first kappa shape index (κ1) is 26.8. The van der Waals surface area contributed by atoms with Crippen LogP contribution in [0.1, 0.15) is 64.0 Å². The molecule has 2 aliphatic rings. The predicted octanol–water partition coefficient (Wildman–Crippen LogP) is 4.83. The van der Waals surface area contributed by atoms with Gasteiger partial charge in [0.05, 0.1) is 11.0 Å². The number of aryl methyl sites for hydroxylation is 1. The van der Waals surface area contributed by atoms with E-state index in [-0.39, 0.29) is 35.3 Å². The number of piperidine rings is 1. The lowest BCUT2D eigenvalue weighted by Gasteiger charge is -2.45. The maximum atomic E-state index is 13.6. The van der Waals surface area contributed by atoms with E-state index in [0.29, 0.717) is 12.3 Å². The largest absolute Gasteiger partial charge is 0.461 e. The zero-order chi connectivity index (χ0) is 26.1. The summed E-state index contributed by atoms with van der Waals surface area (Å²) in [6.07, 6.45) is 2.00. The lowest BCUT2D eigenvalue weighted by Crippen LogP contribution is -2.53. The number of hydrogen-bond donors (Lipinski definition) is 1. The Balaban J connectivity index is 1.60. The number of benzene rings is 2. The fraction of sp³-hybridized carbons (Fsp3) is 0.552. The van der Waals surface area contributed by atoms with Crippen molar-refractivity contribution in [1.82, 2.24) is 4.31 Å². The van der Waals surface area contributed by atoms with Crippen molar-refractivity contribution < 1.29 is 23.1 Å². The van der Waals surface area contributed by atoms with E-state index >= 15 is 0 Å². The van der Waals surface area contributed by atoms with Crippen LogP contribution in [0.25, 0.3) is 0 Å². The molecular weight excluding hydrogens is 474 g/mol. The molecule has 0 spiro atoms. The third-order valence-corrected chi connectivity index (χ3v) is 10.1. The summed E-state index contributed by atoms with van der Waals surface area (Å²) in [7, 11) is -3.91. The molecule has 1 heterocycles. The van der Waals surface area contributed by atoms with Crippen LogP contribution < -0.4 is 0 Å². The first-order valence-corrected chi connectivity index (χ1v) is 14.5. The number of carbonyl (C=O) groups is 1. The molecule has 5 atom stereocenters. The Labute approximate surface area is 215 Å². The molecular formula is C29H39NO5S. The number of aliphatic hydroxyl groups is 1. The molecule has 2 fully saturated rings. The van der Waals surface area contributed by atoms with Gasteiger partial charge in [-0.25, -0.2) is 8.42 Å². The van der Waals surface area contributed by atoms with Crippen LogP contribution in [-0.4, -0.2) is 48.6 Å². The average molecular weight is 514 g/mol. The van der Waals surface area contributed by atoms with E-state index < -0.39 is 28.1 Å². The molecule has 0 radical (unpaired) electrons. The van der Waals surface area contributed by atoms with Gasteiger partial charge in [-0.05, 0) is 55.2 Å². The van der Waals surface area contributed by atoms with Crippen molar-refractivity contribution in [2.24, 2.45) is 11.8 Å². The SMILES string of the molecule is Cc1ccc(S(=O)(=O)N2CC[C@@H](O)C[C@H]2C(=O)O[C@@H]2C[C@H](C)CC[C@H]2C(C)(C)c2ccccc2)cc1. The Bertz CT molecular complexity index is 1150. The van der Waals surface area contributed by atoms with Crippen LogP contribution in [0.2, 0.25) is 0 Å². The van der Waals surface area contributed by atoms with E-state index in [1.54, 1.807) is 24.3 Å². The normalized spacial score (nSPS) is 28.0. The van der Waals surface area contributed by atoms with Crippen LogP contribution in [-0.2, 0) is 25.0 Å². The second kappa shape index (κ2) is 10.6. The van der Waals surface area contributed by atoms with Gasteiger partial charge in [0.25, 0.3) is 0 Å². The zero-order valence-electron chi connectivity index (χ0n) is 21.8. The number of rotatable bonds is 6. The average Bonchev–Trinajstić information content (AvgIpc) is 2.84. The maximum absolute atomic E-state index is 13.6. The zero-order valence-corrected chi connectivity index (χ0v) is 22.6. The van der Waals surface area contributed by atoms with Gasteiger partial charge >= 0.3 is 5.97 Å². The first-order valence-electron chi connectivity index (χ1n) is 13.0. The van der Waals surface area contributed by atoms with Gasteiger partial charge in [-0.1, -0.05) is 75.2 Å². The Hall–Kier alpha value is -2.22. The Kier molecular flexibility index (Phi) is 7.93. The van der Waals surface area contributed by atoms with Gasteiger partial charge in [0, 0.05) is 18.9 Å². The smallest absolute Gasteiger partial charge is 0.324 e. The summed E-state index contributed by atoms with van der Waals surface area (Å²) >= 11 is 0. The summed E-state index contributed by atoms with van der Waals surface area (Å²) in [4.78, 5) is 13.8. The van der Waals surface area contributed by atoms with Gasteiger partial charge in [0.15, 0.2) is 0 Å². The molecule has 1 aliphatic carbocycles. The Morgan fingerprint density at radius 3 is 2.33 bits per heavy atom. The first-order chi connectivity index (χ1) is 17.0. The van der Waals surface area contributed by atoms with Gasteiger partial charge in [-0.15, -0.1) is 0 Å². The molecule has 7 heteroatoms. The highest BCUT2D eigenvalue weighted by Gasteiger charge is 2.46. The minimum Gasteiger partial charge on any atom is -0.461 e. The number of ether oxygens (including phenoxy) is 1. The summed E-state index contributed by atoms with van der Waals surface area (Å²) in [5, 5.41) is 10.4. The highest BCUT2D eigenvalue weighted by Crippen LogP contribution is 2.44. The molecule has 4 rings (SSSR count). The molecule has 0 unspecified atom stereocenters. The van der Waals surface area contributed by atoms with Crippen LogP contribution in [0, 0.1) is 18.8 Å². The lowest BCUT2D eigenvalue weighted by atomic mass is 9.64. The van der Waals surface area contributed by atoms with Crippen molar-refractivity contribution in [1.29, 1.82) is 0 Å². The minimum atomic E-state index is -3.91. The number of sulfonamides is 1. The molecule has 36 heavy (non-hydrogen) atoms. The number of esters is 1. The summed E-state index contributed by atoms with van der Waals surface area (Å²) < 4.78 is 34.4. The van der Waals surface area contributed by atoms with Crippen molar-refractivity contribution in [2.75, 3.05) is 6.54 Å². The monoisotopic (exact) mass is 513 g/mol. The van der Waals surface area contributed by atoms with Gasteiger partial charge in [-0.3, -0.25) is 4.79 Å². The molecule has 1 saturated carbocycles. The third-order valence-electron chi connectivity index (χ3n) is 8.19. The molecule has 0 amide bonds. The summed E-state index contributed by atoms with van der Waals surface area (Å²) in [5.74, 6) is -0.0388. The van der Waals surface area contributed by atoms with Gasteiger partial charge in [0.1, 0.15) is 12.1 Å². The van der Waals surface area contributed by atoms with E-state index in [9.17, 15) is 18.3 Å². The topological polar surface area (TPSA) is 83.9 Å². The lowest BCUT2D eigenvalue weighted by molar-refractivity contribution is -0.163. The summed E-state index contributed by atoms with van der Waals surface area (Å²) in [5.41, 5.74) is 1.94. The predicted molar refractivity (Wildman–Crippen MR) is 140 cm³/mol. The Morgan fingerprint density at radius 1 is 1.00 bits per heavy atom. The van der Waals surface area contributed by atoms with E-state index in [2.05, 4.69) is 32.9 Å². The second-order valence-electron chi connectivity index (χ2n) is 11.2. The van der Waals surface area contributed by atoms with Gasteiger partial charge in [-0.2, -0.15) is 4.31 Å². The van der Waals surface area contributed by atoms with Crippen molar-refractivity contribution in [3.63, 3.8) is 0 Å². The van der Waals surface area contributed by atoms with Crippen molar-refractivity contribution in [3.8, 4) is 0 Å². The fourth-order valence-electron chi connectivity index (χ4n) is 5.87. The maximum Gasteiger partial charge on any atom is 0.324 e. The van der Waals surface area contributed by atoms with E-state index in [1.807, 2.05) is 25.1 Å². The number of carbonyl (C=O) groups excluding carboxylic acids is 1. The highest BCUT2D eigenvalue weighted by molar-refractivity contribution is 7.89.